The molecule has 1 aliphatic rings. The molecule has 1 saturated heterocycles. The number of carbonyl (C=O) groups excluding carboxylic acids is 1. The molecule has 1 heterocycles. The van der Waals surface area contributed by atoms with Gasteiger partial charge in [0.2, 0.25) is 5.91 Å². The van der Waals surface area contributed by atoms with Crippen LogP contribution in [0.3, 0.4) is 0 Å². The van der Waals surface area contributed by atoms with E-state index in [4.69, 9.17) is 4.74 Å². The van der Waals surface area contributed by atoms with Gasteiger partial charge in [-0.25, -0.2) is 0 Å². The van der Waals surface area contributed by atoms with Crippen LogP contribution in [0.5, 0.6) is 0 Å². The van der Waals surface area contributed by atoms with E-state index in [0.29, 0.717) is 19.6 Å². The van der Waals surface area contributed by atoms with Gasteiger partial charge in [-0.15, -0.1) is 0 Å². The topological polar surface area (TPSA) is 38.3 Å². The molecule has 0 spiro atoms. The molecule has 0 saturated carbocycles. The summed E-state index contributed by atoms with van der Waals surface area (Å²) in [6.07, 6.45) is 0.526. The van der Waals surface area contributed by atoms with Crippen molar-refractivity contribution in [3.8, 4) is 0 Å². The lowest BCUT2D eigenvalue weighted by molar-refractivity contribution is -0.125. The average molecular weight is 298 g/mol. The van der Waals surface area contributed by atoms with Crippen LogP contribution >= 0.6 is 15.9 Å². The zero-order valence-electron chi connectivity index (χ0n) is 9.78. The first-order chi connectivity index (χ1) is 8.15. The van der Waals surface area contributed by atoms with Crippen molar-refractivity contribution in [2.45, 2.75) is 25.3 Å². The minimum Gasteiger partial charge on any atom is -0.377 e. The number of ether oxygens (including phenoxy) is 1. The normalized spacial score (nSPS) is 17.3. The third-order valence-electron chi connectivity index (χ3n) is 2.93. The number of rotatable bonds is 4. The Balaban J connectivity index is 1.84. The van der Waals surface area contributed by atoms with Gasteiger partial charge in [0.05, 0.1) is 19.3 Å². The molecule has 1 atom stereocenters. The van der Waals surface area contributed by atoms with Crippen molar-refractivity contribution in [2.75, 3.05) is 13.2 Å². The second kappa shape index (κ2) is 5.65. The molecule has 0 aromatic heterocycles. The third-order valence-corrected chi connectivity index (χ3v) is 3.46. The molecular weight excluding hydrogens is 282 g/mol. The lowest BCUT2D eigenvalue weighted by Gasteiger charge is -2.27. The van der Waals surface area contributed by atoms with E-state index in [1.807, 2.05) is 12.1 Å². The van der Waals surface area contributed by atoms with E-state index in [9.17, 15) is 4.79 Å². The molecular formula is C13H16BrNO2. The lowest BCUT2D eigenvalue weighted by atomic mass is 9.97. The van der Waals surface area contributed by atoms with Crippen LogP contribution in [0.1, 0.15) is 24.8 Å². The van der Waals surface area contributed by atoms with Crippen LogP contribution in [-0.4, -0.2) is 25.2 Å². The summed E-state index contributed by atoms with van der Waals surface area (Å²) in [6.45, 7) is 3.37. The summed E-state index contributed by atoms with van der Waals surface area (Å²) in [7, 11) is 0. The van der Waals surface area contributed by atoms with E-state index in [-0.39, 0.29) is 17.9 Å². The van der Waals surface area contributed by atoms with E-state index in [0.717, 1.165) is 4.47 Å². The van der Waals surface area contributed by atoms with E-state index >= 15 is 0 Å². The Morgan fingerprint density at radius 2 is 2.12 bits per heavy atom. The van der Waals surface area contributed by atoms with Crippen molar-refractivity contribution in [1.29, 1.82) is 0 Å². The fourth-order valence-corrected chi connectivity index (χ4v) is 2.06. The third kappa shape index (κ3) is 3.54. The summed E-state index contributed by atoms with van der Waals surface area (Å²) in [5.74, 6) is 0.345. The summed E-state index contributed by atoms with van der Waals surface area (Å²) < 4.78 is 6.08. The van der Waals surface area contributed by atoms with Crippen LogP contribution in [0.15, 0.2) is 28.7 Å². The molecule has 1 N–H and O–H groups in total. The highest BCUT2D eigenvalue weighted by atomic mass is 79.9. The van der Waals surface area contributed by atoms with Gasteiger partial charge in [-0.1, -0.05) is 35.0 Å². The summed E-state index contributed by atoms with van der Waals surface area (Å²) >= 11 is 3.40. The number of benzene rings is 1. The van der Waals surface area contributed by atoms with Crippen molar-refractivity contribution in [2.24, 2.45) is 0 Å². The van der Waals surface area contributed by atoms with Gasteiger partial charge in [0.25, 0.3) is 0 Å². The fraction of sp³-hybridized carbons (Fsp3) is 0.462. The first-order valence-corrected chi connectivity index (χ1v) is 6.57. The first kappa shape index (κ1) is 12.6. The van der Waals surface area contributed by atoms with Gasteiger partial charge in [-0.3, -0.25) is 4.79 Å². The van der Waals surface area contributed by atoms with Crippen molar-refractivity contribution in [1.82, 2.24) is 5.32 Å². The molecule has 0 bridgehead atoms. The summed E-state index contributed by atoms with van der Waals surface area (Å²) in [6, 6.07) is 8.33. The Kier molecular flexibility index (Phi) is 4.18. The lowest BCUT2D eigenvalue weighted by Crippen LogP contribution is -2.48. The number of amides is 1. The number of nitrogens with one attached hydrogen (secondary N) is 1. The monoisotopic (exact) mass is 297 g/mol. The van der Waals surface area contributed by atoms with Crippen LogP contribution in [0.4, 0.5) is 0 Å². The number of hydrogen-bond donors (Lipinski definition) is 1. The number of hydrogen-bond acceptors (Lipinski definition) is 2. The smallest absolute Gasteiger partial charge is 0.220 e. The predicted molar refractivity (Wildman–Crippen MR) is 69.9 cm³/mol. The number of halogens is 1. The standard InChI is InChI=1S/C13H16BrNO2/c1-9(10-2-4-11(14)5-3-10)6-13(16)15-12-7-17-8-12/h2-5,9,12H,6-8H2,1H3,(H,15,16). The molecule has 1 unspecified atom stereocenters. The Hall–Kier alpha value is -0.870. The molecule has 2 rings (SSSR count). The van der Waals surface area contributed by atoms with Gasteiger partial charge < -0.3 is 10.1 Å². The van der Waals surface area contributed by atoms with Crippen molar-refractivity contribution < 1.29 is 9.53 Å². The Morgan fingerprint density at radius 3 is 2.65 bits per heavy atom. The molecule has 17 heavy (non-hydrogen) atoms. The highest BCUT2D eigenvalue weighted by Gasteiger charge is 2.21. The predicted octanol–water partition coefficient (Wildman–Crippen LogP) is 2.46. The minimum absolute atomic E-state index is 0.105. The second-order valence-electron chi connectivity index (χ2n) is 4.46. The van der Waals surface area contributed by atoms with E-state index in [1.54, 1.807) is 0 Å². The molecule has 1 amide bonds. The van der Waals surface area contributed by atoms with Gasteiger partial charge in [0.15, 0.2) is 0 Å². The van der Waals surface area contributed by atoms with Gasteiger partial charge in [-0.2, -0.15) is 0 Å². The molecule has 1 fully saturated rings. The highest BCUT2D eigenvalue weighted by Crippen LogP contribution is 2.21. The van der Waals surface area contributed by atoms with Gasteiger partial charge >= 0.3 is 0 Å². The summed E-state index contributed by atoms with van der Waals surface area (Å²) in [5.41, 5.74) is 1.19. The SMILES string of the molecule is CC(CC(=O)NC1COC1)c1ccc(Br)cc1. The molecule has 0 radical (unpaired) electrons. The van der Waals surface area contributed by atoms with Crippen molar-refractivity contribution >= 4 is 21.8 Å². The Morgan fingerprint density at radius 1 is 1.47 bits per heavy atom. The summed E-state index contributed by atoms with van der Waals surface area (Å²) in [4.78, 5) is 11.7. The molecule has 92 valence electrons. The highest BCUT2D eigenvalue weighted by molar-refractivity contribution is 9.10. The van der Waals surface area contributed by atoms with E-state index in [1.165, 1.54) is 5.56 Å². The van der Waals surface area contributed by atoms with Crippen LogP contribution in [0.2, 0.25) is 0 Å². The van der Waals surface area contributed by atoms with Crippen molar-refractivity contribution in [3.05, 3.63) is 34.3 Å². The van der Waals surface area contributed by atoms with Gasteiger partial charge in [0.1, 0.15) is 0 Å². The van der Waals surface area contributed by atoms with E-state index in [2.05, 4.69) is 40.3 Å². The molecule has 1 aromatic rings. The van der Waals surface area contributed by atoms with Gasteiger partial charge in [-0.05, 0) is 23.6 Å². The van der Waals surface area contributed by atoms with Gasteiger partial charge in [0, 0.05) is 10.9 Å². The molecule has 3 nitrogen and oxygen atoms in total. The zero-order valence-corrected chi connectivity index (χ0v) is 11.4. The minimum atomic E-state index is 0.105. The zero-order chi connectivity index (χ0) is 12.3. The maximum Gasteiger partial charge on any atom is 0.220 e. The Bertz CT molecular complexity index is 387. The quantitative estimate of drug-likeness (QED) is 0.927. The van der Waals surface area contributed by atoms with Crippen LogP contribution in [0, 0.1) is 0 Å². The van der Waals surface area contributed by atoms with Crippen LogP contribution < -0.4 is 5.32 Å². The largest absolute Gasteiger partial charge is 0.377 e. The number of carbonyl (C=O) groups is 1. The molecule has 4 heteroatoms. The molecule has 1 aliphatic heterocycles. The average Bonchev–Trinajstić information content (AvgIpc) is 2.24. The van der Waals surface area contributed by atoms with Crippen molar-refractivity contribution in [3.63, 3.8) is 0 Å². The fourth-order valence-electron chi connectivity index (χ4n) is 1.79. The van der Waals surface area contributed by atoms with Crippen LogP contribution in [0.25, 0.3) is 0 Å². The maximum absolute atomic E-state index is 11.7. The second-order valence-corrected chi connectivity index (χ2v) is 5.37. The first-order valence-electron chi connectivity index (χ1n) is 5.77. The summed E-state index contributed by atoms with van der Waals surface area (Å²) in [5, 5.41) is 2.96. The molecule has 1 aromatic carbocycles. The molecule has 0 aliphatic carbocycles. The Labute approximate surface area is 110 Å². The van der Waals surface area contributed by atoms with Crippen LogP contribution in [-0.2, 0) is 9.53 Å². The van der Waals surface area contributed by atoms with E-state index < -0.39 is 0 Å². The maximum atomic E-state index is 11.7.